The van der Waals surface area contributed by atoms with Crippen molar-refractivity contribution < 1.29 is 14.3 Å². The smallest absolute Gasteiger partial charge is 0.226 e. The van der Waals surface area contributed by atoms with E-state index >= 15 is 0 Å². The molecule has 1 amide bonds. The predicted molar refractivity (Wildman–Crippen MR) is 91.6 cm³/mol. The van der Waals surface area contributed by atoms with Crippen molar-refractivity contribution in [1.82, 2.24) is 10.3 Å². The molecule has 1 aliphatic heterocycles. The van der Waals surface area contributed by atoms with Crippen LogP contribution in [0.3, 0.4) is 0 Å². The van der Waals surface area contributed by atoms with Crippen molar-refractivity contribution in [2.75, 3.05) is 25.1 Å². The highest BCUT2D eigenvalue weighted by molar-refractivity contribution is 6.30. The molecule has 0 bridgehead atoms. The molecule has 6 nitrogen and oxygen atoms in total. The summed E-state index contributed by atoms with van der Waals surface area (Å²) in [6.07, 6.45) is 1.93. The molecule has 24 heavy (non-hydrogen) atoms. The lowest BCUT2D eigenvalue weighted by Gasteiger charge is -2.23. The van der Waals surface area contributed by atoms with Gasteiger partial charge in [-0.2, -0.15) is 0 Å². The second kappa shape index (κ2) is 8.10. The molecule has 2 aromatic rings. The van der Waals surface area contributed by atoms with Gasteiger partial charge in [0, 0.05) is 30.1 Å². The summed E-state index contributed by atoms with van der Waals surface area (Å²) >= 11 is 5.83. The minimum Gasteiger partial charge on any atom is -0.439 e. The minimum atomic E-state index is -0.0776. The third kappa shape index (κ3) is 4.92. The zero-order valence-electron chi connectivity index (χ0n) is 13.0. The first-order valence-corrected chi connectivity index (χ1v) is 8.07. The van der Waals surface area contributed by atoms with Crippen LogP contribution in [0.15, 0.2) is 42.6 Å². The molecule has 3 rings (SSSR count). The van der Waals surface area contributed by atoms with Crippen molar-refractivity contribution in [3.8, 4) is 11.6 Å². The van der Waals surface area contributed by atoms with Gasteiger partial charge in [-0.1, -0.05) is 11.6 Å². The number of ether oxygens (including phenoxy) is 2. The molecule has 1 atom stereocenters. The Bertz CT molecular complexity index is 670. The summed E-state index contributed by atoms with van der Waals surface area (Å²) < 4.78 is 10.9. The monoisotopic (exact) mass is 347 g/mol. The van der Waals surface area contributed by atoms with Gasteiger partial charge in [-0.25, -0.2) is 4.98 Å². The Kier molecular flexibility index (Phi) is 5.63. The molecule has 2 heterocycles. The predicted octanol–water partition coefficient (Wildman–Crippen LogP) is 2.84. The van der Waals surface area contributed by atoms with Crippen molar-refractivity contribution in [2.45, 2.75) is 12.5 Å². The van der Waals surface area contributed by atoms with Gasteiger partial charge in [-0.05, 0) is 30.3 Å². The standard InChI is InChI=1S/C17H18ClN3O3/c18-12-1-4-15(5-2-12)24-17-6-3-13(10-20-17)21-16(22)9-14-11-23-8-7-19-14/h1-6,10,14,19H,7-9,11H2,(H,21,22). The molecular weight excluding hydrogens is 330 g/mol. The number of nitrogens with zero attached hydrogens (tertiary/aromatic N) is 1. The Hall–Kier alpha value is -2.15. The largest absolute Gasteiger partial charge is 0.439 e. The second-order valence-electron chi connectivity index (χ2n) is 5.42. The first kappa shape index (κ1) is 16.7. The van der Waals surface area contributed by atoms with Crippen LogP contribution >= 0.6 is 11.6 Å². The lowest BCUT2D eigenvalue weighted by atomic mass is 10.2. The van der Waals surface area contributed by atoms with Gasteiger partial charge in [0.05, 0.1) is 25.1 Å². The van der Waals surface area contributed by atoms with Crippen LogP contribution in [0.25, 0.3) is 0 Å². The summed E-state index contributed by atoms with van der Waals surface area (Å²) in [6.45, 7) is 2.02. The van der Waals surface area contributed by atoms with Crippen LogP contribution in [0.4, 0.5) is 5.69 Å². The SMILES string of the molecule is O=C(CC1COCCN1)Nc1ccc(Oc2ccc(Cl)cc2)nc1. The Morgan fingerprint density at radius 1 is 1.33 bits per heavy atom. The fourth-order valence-electron chi connectivity index (χ4n) is 2.32. The Labute approximate surface area is 145 Å². The molecule has 0 spiro atoms. The van der Waals surface area contributed by atoms with Crippen LogP contribution < -0.4 is 15.4 Å². The number of carbonyl (C=O) groups is 1. The Morgan fingerprint density at radius 2 is 2.17 bits per heavy atom. The van der Waals surface area contributed by atoms with E-state index in [1.807, 2.05) is 0 Å². The minimum absolute atomic E-state index is 0.0548. The lowest BCUT2D eigenvalue weighted by Crippen LogP contribution is -2.43. The van der Waals surface area contributed by atoms with Crippen LogP contribution in [-0.4, -0.2) is 36.7 Å². The third-order valence-electron chi connectivity index (χ3n) is 3.49. The van der Waals surface area contributed by atoms with Crippen LogP contribution in [0.1, 0.15) is 6.42 Å². The van der Waals surface area contributed by atoms with Crippen LogP contribution in [0.2, 0.25) is 5.02 Å². The van der Waals surface area contributed by atoms with Gasteiger partial charge in [0.1, 0.15) is 5.75 Å². The molecule has 0 aliphatic carbocycles. The molecule has 1 unspecified atom stereocenters. The number of aromatic nitrogens is 1. The highest BCUT2D eigenvalue weighted by Gasteiger charge is 2.16. The lowest BCUT2D eigenvalue weighted by molar-refractivity contribution is -0.117. The van der Waals surface area contributed by atoms with E-state index in [1.54, 1.807) is 42.6 Å². The molecule has 1 aromatic carbocycles. The van der Waals surface area contributed by atoms with E-state index in [0.717, 1.165) is 6.54 Å². The highest BCUT2D eigenvalue weighted by atomic mass is 35.5. The molecule has 126 valence electrons. The maximum atomic E-state index is 12.0. The highest BCUT2D eigenvalue weighted by Crippen LogP contribution is 2.22. The zero-order valence-corrected chi connectivity index (χ0v) is 13.8. The van der Waals surface area contributed by atoms with E-state index in [9.17, 15) is 4.79 Å². The second-order valence-corrected chi connectivity index (χ2v) is 5.86. The van der Waals surface area contributed by atoms with Crippen molar-refractivity contribution in [3.63, 3.8) is 0 Å². The van der Waals surface area contributed by atoms with Gasteiger partial charge >= 0.3 is 0 Å². The summed E-state index contributed by atoms with van der Waals surface area (Å²) in [5.74, 6) is 1.01. The Balaban J connectivity index is 1.52. The number of morpholine rings is 1. The molecule has 1 fully saturated rings. The molecule has 1 aromatic heterocycles. The number of hydrogen-bond donors (Lipinski definition) is 2. The molecule has 1 aliphatic rings. The van der Waals surface area contributed by atoms with E-state index in [4.69, 9.17) is 21.1 Å². The average molecular weight is 348 g/mol. The van der Waals surface area contributed by atoms with Gasteiger partial charge < -0.3 is 20.1 Å². The van der Waals surface area contributed by atoms with E-state index in [0.29, 0.717) is 42.0 Å². The fourth-order valence-corrected chi connectivity index (χ4v) is 2.45. The number of amides is 1. The number of carbonyl (C=O) groups excluding carboxylic acids is 1. The summed E-state index contributed by atoms with van der Waals surface area (Å²) in [4.78, 5) is 16.2. The molecule has 1 saturated heterocycles. The molecular formula is C17H18ClN3O3. The summed E-state index contributed by atoms with van der Waals surface area (Å²) in [7, 11) is 0. The van der Waals surface area contributed by atoms with Crippen molar-refractivity contribution in [3.05, 3.63) is 47.6 Å². The maximum absolute atomic E-state index is 12.0. The van der Waals surface area contributed by atoms with E-state index < -0.39 is 0 Å². The van der Waals surface area contributed by atoms with Gasteiger partial charge in [0.2, 0.25) is 11.8 Å². The van der Waals surface area contributed by atoms with E-state index in [-0.39, 0.29) is 11.9 Å². The quantitative estimate of drug-likeness (QED) is 0.870. The van der Waals surface area contributed by atoms with E-state index in [1.165, 1.54) is 0 Å². The molecule has 0 radical (unpaired) electrons. The fraction of sp³-hybridized carbons (Fsp3) is 0.294. The topological polar surface area (TPSA) is 72.5 Å². The number of nitrogens with one attached hydrogen (secondary N) is 2. The average Bonchev–Trinajstić information content (AvgIpc) is 2.59. The molecule has 0 saturated carbocycles. The summed E-state index contributed by atoms with van der Waals surface area (Å²) in [5, 5.41) is 6.71. The third-order valence-corrected chi connectivity index (χ3v) is 3.74. The zero-order chi connectivity index (χ0) is 16.8. The number of hydrogen-bond acceptors (Lipinski definition) is 5. The van der Waals surface area contributed by atoms with Crippen LogP contribution in [0.5, 0.6) is 11.6 Å². The van der Waals surface area contributed by atoms with Crippen molar-refractivity contribution in [1.29, 1.82) is 0 Å². The van der Waals surface area contributed by atoms with Gasteiger partial charge in [-0.3, -0.25) is 4.79 Å². The van der Waals surface area contributed by atoms with Crippen molar-refractivity contribution in [2.24, 2.45) is 0 Å². The van der Waals surface area contributed by atoms with Crippen LogP contribution in [0, 0.1) is 0 Å². The molecule has 2 N–H and O–H groups in total. The number of benzene rings is 1. The number of halogens is 1. The summed E-state index contributed by atoms with van der Waals surface area (Å²) in [5.41, 5.74) is 0.625. The number of rotatable bonds is 5. The van der Waals surface area contributed by atoms with Crippen molar-refractivity contribution >= 4 is 23.2 Å². The maximum Gasteiger partial charge on any atom is 0.226 e. The first-order chi connectivity index (χ1) is 11.7. The van der Waals surface area contributed by atoms with Gasteiger partial charge in [-0.15, -0.1) is 0 Å². The van der Waals surface area contributed by atoms with E-state index in [2.05, 4.69) is 15.6 Å². The Morgan fingerprint density at radius 3 is 2.83 bits per heavy atom. The molecule has 7 heteroatoms. The van der Waals surface area contributed by atoms with Gasteiger partial charge in [0.15, 0.2) is 0 Å². The van der Waals surface area contributed by atoms with Gasteiger partial charge in [0.25, 0.3) is 0 Å². The summed E-state index contributed by atoms with van der Waals surface area (Å²) in [6, 6.07) is 10.5. The van der Waals surface area contributed by atoms with Crippen LogP contribution in [-0.2, 0) is 9.53 Å². The first-order valence-electron chi connectivity index (χ1n) is 7.69. The normalized spacial score (nSPS) is 17.3. The number of anilines is 1. The number of pyridine rings is 1.